The number of hydrogen-bond acceptors (Lipinski definition) is 1. The maximum absolute atomic E-state index is 5.44. The monoisotopic (exact) mass is 268 g/mol. The van der Waals surface area contributed by atoms with E-state index in [4.69, 9.17) is 4.74 Å². The van der Waals surface area contributed by atoms with Crippen LogP contribution in [0.25, 0.3) is 0 Å². The van der Waals surface area contributed by atoms with Gasteiger partial charge < -0.3 is 4.74 Å². The van der Waals surface area contributed by atoms with Crippen molar-refractivity contribution in [1.82, 2.24) is 0 Å². The predicted molar refractivity (Wildman–Crippen MR) is 66.3 cm³/mol. The van der Waals surface area contributed by atoms with Gasteiger partial charge in [0.1, 0.15) is 0 Å². The van der Waals surface area contributed by atoms with E-state index in [1.54, 1.807) is 6.26 Å². The Bertz CT molecular complexity index is 369. The molecule has 0 amide bonds. The maximum atomic E-state index is 5.44. The van der Waals surface area contributed by atoms with Crippen molar-refractivity contribution in [3.05, 3.63) is 72.5 Å². The predicted octanol–water partition coefficient (Wildman–Crippen LogP) is 4.17. The average molecular weight is 268 g/mol. The molecule has 17 heavy (non-hydrogen) atoms. The van der Waals surface area contributed by atoms with Crippen molar-refractivity contribution in [2.45, 2.75) is 18.9 Å². The largest absolute Gasteiger partial charge is 2.00 e. The van der Waals surface area contributed by atoms with E-state index >= 15 is 0 Å². The summed E-state index contributed by atoms with van der Waals surface area (Å²) in [6.45, 7) is 0. The molecule has 1 aliphatic heterocycles. The summed E-state index contributed by atoms with van der Waals surface area (Å²) in [7, 11) is 0. The molecule has 0 fully saturated rings. The van der Waals surface area contributed by atoms with Crippen LogP contribution in [0, 0.1) is 0 Å². The molecule has 2 aromatic rings. The smallest absolute Gasteiger partial charge is 0.506 e. The van der Waals surface area contributed by atoms with Crippen molar-refractivity contribution < 1.29 is 21.8 Å². The van der Waals surface area contributed by atoms with E-state index in [0.717, 1.165) is 12.8 Å². The third-order valence-electron chi connectivity index (χ3n) is 2.55. The Balaban J connectivity index is 0.000000205. The van der Waals surface area contributed by atoms with Crippen LogP contribution < -0.4 is 0 Å². The summed E-state index contributed by atoms with van der Waals surface area (Å²) in [5, 5.41) is 0. The summed E-state index contributed by atoms with van der Waals surface area (Å²) in [4.78, 5) is 0. The summed E-state index contributed by atoms with van der Waals surface area (Å²) < 4.78 is 5.44. The summed E-state index contributed by atoms with van der Waals surface area (Å²) in [6, 6.07) is 18.3. The molecule has 1 nitrogen and oxygen atoms in total. The first-order chi connectivity index (χ1) is 7.97. The van der Waals surface area contributed by atoms with Crippen LogP contribution in [0.5, 0.6) is 0 Å². The Morgan fingerprint density at radius 2 is 1.76 bits per heavy atom. The number of ether oxygens (including phenoxy) is 1. The molecule has 2 heteroatoms. The fourth-order valence-corrected chi connectivity index (χ4v) is 1.70. The van der Waals surface area contributed by atoms with Crippen LogP contribution in [-0.4, -0.2) is 0 Å². The first-order valence-corrected chi connectivity index (χ1v) is 5.65. The van der Waals surface area contributed by atoms with Gasteiger partial charge >= 0.3 is 17.1 Å². The van der Waals surface area contributed by atoms with E-state index in [9.17, 15) is 0 Å². The molecule has 90 valence electrons. The Labute approximate surface area is 113 Å². The molecule has 0 spiro atoms. The minimum Gasteiger partial charge on any atom is -0.506 e. The molecule has 1 aliphatic rings. The molecule has 0 radical (unpaired) electrons. The van der Waals surface area contributed by atoms with Gasteiger partial charge in [0.25, 0.3) is 0 Å². The fourth-order valence-electron chi connectivity index (χ4n) is 1.70. The molecule has 1 atom stereocenters. The van der Waals surface area contributed by atoms with Crippen LogP contribution in [0.3, 0.4) is 0 Å². The Kier molecular flexibility index (Phi) is 6.46. The van der Waals surface area contributed by atoms with Crippen LogP contribution in [0.2, 0.25) is 0 Å². The van der Waals surface area contributed by atoms with Crippen LogP contribution in [0.4, 0.5) is 0 Å². The number of hydrogen-bond donors (Lipinski definition) is 0. The van der Waals surface area contributed by atoms with Gasteiger partial charge in [-0.15, -0.1) is 5.56 Å². The standard InChI is InChI=1S/C10H11O.C5H5.Fe/c1-2-6-9(5-1)10-7-3-4-8-11-10;1-2-4-5-3-1;/h1-2,4-6,8,10H,3,7H2;1-5H;/q2*-1;+2. The minimum absolute atomic E-state index is 0. The SMILES string of the molecule is C1=COC([c-]2cccc2)CC1.[Fe+2].c1cc[cH-]c1. The molecule has 0 saturated heterocycles. The molecule has 1 unspecified atom stereocenters. The summed E-state index contributed by atoms with van der Waals surface area (Å²) in [5.74, 6) is 0. The molecular weight excluding hydrogens is 252 g/mol. The molecule has 0 aliphatic carbocycles. The van der Waals surface area contributed by atoms with Crippen molar-refractivity contribution in [3.8, 4) is 0 Å². The summed E-state index contributed by atoms with van der Waals surface area (Å²) in [6.07, 6.45) is 6.42. The van der Waals surface area contributed by atoms with Crippen LogP contribution in [0.15, 0.2) is 66.9 Å². The molecule has 0 aromatic heterocycles. The third-order valence-corrected chi connectivity index (χ3v) is 2.55. The van der Waals surface area contributed by atoms with Gasteiger partial charge in [0.05, 0.1) is 12.4 Å². The van der Waals surface area contributed by atoms with Crippen LogP contribution in [0.1, 0.15) is 24.5 Å². The molecule has 0 N–H and O–H groups in total. The summed E-state index contributed by atoms with van der Waals surface area (Å²) >= 11 is 0. The van der Waals surface area contributed by atoms with Crippen LogP contribution in [-0.2, 0) is 21.8 Å². The minimum atomic E-state index is 0. The molecular formula is C15H16FeO. The van der Waals surface area contributed by atoms with E-state index in [0.29, 0.717) is 6.10 Å². The molecule has 1 heterocycles. The van der Waals surface area contributed by atoms with Gasteiger partial charge in [0.15, 0.2) is 0 Å². The maximum Gasteiger partial charge on any atom is 2.00 e. The number of allylic oxidation sites excluding steroid dienone is 1. The van der Waals surface area contributed by atoms with Crippen LogP contribution >= 0.6 is 0 Å². The fraction of sp³-hybridized carbons (Fsp3) is 0.200. The molecule has 2 aromatic carbocycles. The second-order valence-electron chi connectivity index (χ2n) is 3.75. The summed E-state index contributed by atoms with van der Waals surface area (Å²) in [5.41, 5.74) is 1.30. The first-order valence-electron chi connectivity index (χ1n) is 5.65. The van der Waals surface area contributed by atoms with Crippen molar-refractivity contribution in [1.29, 1.82) is 0 Å². The second-order valence-corrected chi connectivity index (χ2v) is 3.75. The Hall–Kier alpha value is -1.24. The van der Waals surface area contributed by atoms with Crippen molar-refractivity contribution >= 4 is 0 Å². The van der Waals surface area contributed by atoms with Gasteiger partial charge in [0, 0.05) is 0 Å². The van der Waals surface area contributed by atoms with Gasteiger partial charge in [-0.2, -0.15) is 30.3 Å². The Morgan fingerprint density at radius 1 is 1.06 bits per heavy atom. The average Bonchev–Trinajstić information content (AvgIpc) is 3.07. The second kappa shape index (κ2) is 7.94. The molecule has 0 bridgehead atoms. The van der Waals surface area contributed by atoms with E-state index < -0.39 is 0 Å². The zero-order chi connectivity index (χ0) is 11.1. The van der Waals surface area contributed by atoms with Gasteiger partial charge in [-0.3, -0.25) is 0 Å². The van der Waals surface area contributed by atoms with Crippen molar-refractivity contribution in [2.24, 2.45) is 0 Å². The van der Waals surface area contributed by atoms with Gasteiger partial charge in [-0.25, -0.2) is 24.3 Å². The van der Waals surface area contributed by atoms with Gasteiger partial charge in [-0.05, 0) is 18.9 Å². The zero-order valence-electron chi connectivity index (χ0n) is 9.60. The first kappa shape index (κ1) is 13.8. The van der Waals surface area contributed by atoms with E-state index in [2.05, 4.69) is 30.3 Å². The third kappa shape index (κ3) is 4.64. The topological polar surface area (TPSA) is 9.23 Å². The van der Waals surface area contributed by atoms with Gasteiger partial charge in [-0.1, -0.05) is 0 Å². The van der Waals surface area contributed by atoms with Crippen molar-refractivity contribution in [2.75, 3.05) is 0 Å². The molecule has 3 rings (SSSR count). The zero-order valence-corrected chi connectivity index (χ0v) is 10.7. The van der Waals surface area contributed by atoms with Gasteiger partial charge in [0.2, 0.25) is 0 Å². The normalized spacial score (nSPS) is 17.3. The van der Waals surface area contributed by atoms with E-state index in [-0.39, 0.29) is 17.1 Å². The quantitative estimate of drug-likeness (QED) is 0.557. The number of rotatable bonds is 1. The van der Waals surface area contributed by atoms with E-state index in [1.165, 1.54) is 5.56 Å². The molecule has 0 saturated carbocycles. The van der Waals surface area contributed by atoms with E-state index in [1.807, 2.05) is 30.3 Å². The van der Waals surface area contributed by atoms with Crippen molar-refractivity contribution in [3.63, 3.8) is 0 Å². The Morgan fingerprint density at radius 3 is 2.24 bits per heavy atom.